The average molecular weight is 211 g/mol. The SMILES string of the molecule is Cc1c(N)cnc(C(F)(F)F)c1Cl. The summed E-state index contributed by atoms with van der Waals surface area (Å²) in [5.41, 5.74) is 4.57. The normalized spacial score (nSPS) is 11.8. The van der Waals surface area contributed by atoms with Crippen LogP contribution in [0.4, 0.5) is 18.9 Å². The zero-order valence-electron chi connectivity index (χ0n) is 6.61. The molecule has 0 aliphatic rings. The number of hydrogen-bond acceptors (Lipinski definition) is 2. The van der Waals surface area contributed by atoms with Gasteiger partial charge in [-0.2, -0.15) is 13.2 Å². The second-order valence-electron chi connectivity index (χ2n) is 2.50. The number of nitrogens with zero attached hydrogens (tertiary/aromatic N) is 1. The van der Waals surface area contributed by atoms with Crippen molar-refractivity contribution in [2.75, 3.05) is 5.73 Å². The van der Waals surface area contributed by atoms with Gasteiger partial charge in [-0.25, -0.2) is 4.98 Å². The summed E-state index contributed by atoms with van der Waals surface area (Å²) in [5, 5.41) is -0.437. The number of anilines is 1. The molecule has 0 amide bonds. The van der Waals surface area contributed by atoms with E-state index in [2.05, 4.69) is 4.98 Å². The van der Waals surface area contributed by atoms with Gasteiger partial charge in [0.1, 0.15) is 0 Å². The third-order valence-electron chi connectivity index (χ3n) is 1.57. The maximum absolute atomic E-state index is 12.2. The van der Waals surface area contributed by atoms with E-state index in [9.17, 15) is 13.2 Å². The molecule has 0 saturated heterocycles. The minimum Gasteiger partial charge on any atom is -0.397 e. The number of pyridine rings is 1. The van der Waals surface area contributed by atoms with Crippen LogP contribution in [0, 0.1) is 6.92 Å². The van der Waals surface area contributed by atoms with E-state index in [0.717, 1.165) is 6.20 Å². The van der Waals surface area contributed by atoms with Crippen LogP contribution >= 0.6 is 11.6 Å². The van der Waals surface area contributed by atoms with E-state index in [4.69, 9.17) is 17.3 Å². The Morgan fingerprint density at radius 3 is 2.46 bits per heavy atom. The molecule has 2 N–H and O–H groups in total. The van der Waals surface area contributed by atoms with Crippen LogP contribution in [0.15, 0.2) is 6.20 Å². The van der Waals surface area contributed by atoms with Gasteiger partial charge in [0, 0.05) is 0 Å². The van der Waals surface area contributed by atoms with Crippen molar-refractivity contribution in [2.45, 2.75) is 13.1 Å². The monoisotopic (exact) mass is 210 g/mol. The molecule has 1 aromatic heterocycles. The van der Waals surface area contributed by atoms with E-state index in [-0.39, 0.29) is 11.3 Å². The molecule has 2 nitrogen and oxygen atoms in total. The number of alkyl halides is 3. The molecule has 0 aliphatic heterocycles. The highest BCUT2D eigenvalue weighted by molar-refractivity contribution is 6.32. The fraction of sp³-hybridized carbons (Fsp3) is 0.286. The van der Waals surface area contributed by atoms with Gasteiger partial charge in [0.2, 0.25) is 0 Å². The zero-order chi connectivity index (χ0) is 10.2. The second-order valence-corrected chi connectivity index (χ2v) is 2.88. The van der Waals surface area contributed by atoms with Gasteiger partial charge in [-0.3, -0.25) is 0 Å². The molecule has 1 rings (SSSR count). The zero-order valence-corrected chi connectivity index (χ0v) is 7.37. The molecular weight excluding hydrogens is 205 g/mol. The van der Waals surface area contributed by atoms with Gasteiger partial charge in [-0.1, -0.05) is 11.6 Å². The highest BCUT2D eigenvalue weighted by Gasteiger charge is 2.35. The molecule has 0 unspecified atom stereocenters. The molecule has 0 radical (unpaired) electrons. The summed E-state index contributed by atoms with van der Waals surface area (Å²) in [6.45, 7) is 1.41. The van der Waals surface area contributed by atoms with E-state index in [1.165, 1.54) is 6.92 Å². The average Bonchev–Trinajstić information content (AvgIpc) is 1.98. The summed E-state index contributed by atoms with van der Waals surface area (Å²) in [6.07, 6.45) is -3.58. The minimum absolute atomic E-state index is 0.151. The lowest BCUT2D eigenvalue weighted by molar-refractivity contribution is -0.141. The third kappa shape index (κ3) is 1.85. The van der Waals surface area contributed by atoms with Gasteiger partial charge >= 0.3 is 6.18 Å². The van der Waals surface area contributed by atoms with Crippen LogP contribution in [0.25, 0.3) is 0 Å². The Balaban J connectivity index is 3.35. The van der Waals surface area contributed by atoms with Crippen LogP contribution < -0.4 is 5.73 Å². The fourth-order valence-electron chi connectivity index (χ4n) is 0.790. The van der Waals surface area contributed by atoms with Gasteiger partial charge < -0.3 is 5.73 Å². The fourth-order valence-corrected chi connectivity index (χ4v) is 1.05. The third-order valence-corrected chi connectivity index (χ3v) is 2.03. The molecule has 6 heteroatoms. The predicted molar refractivity (Wildman–Crippen MR) is 43.4 cm³/mol. The number of hydrogen-bond donors (Lipinski definition) is 1. The minimum atomic E-state index is -4.53. The molecule has 0 fully saturated rings. The van der Waals surface area contributed by atoms with Crippen molar-refractivity contribution in [1.29, 1.82) is 0 Å². The highest BCUT2D eigenvalue weighted by Crippen LogP contribution is 2.35. The van der Waals surface area contributed by atoms with Crippen LogP contribution in [0.2, 0.25) is 5.02 Å². The topological polar surface area (TPSA) is 38.9 Å². The molecule has 1 aromatic rings. The molecule has 0 spiro atoms. The number of nitrogens with two attached hydrogens (primary N) is 1. The lowest BCUT2D eigenvalue weighted by Gasteiger charge is -2.10. The molecule has 72 valence electrons. The van der Waals surface area contributed by atoms with Gasteiger partial charge in [0.15, 0.2) is 5.69 Å². The van der Waals surface area contributed by atoms with Crippen LogP contribution in [-0.4, -0.2) is 4.98 Å². The Labute approximate surface area is 77.5 Å². The first-order valence-corrected chi connectivity index (χ1v) is 3.69. The molecule has 1 heterocycles. The first-order chi connectivity index (χ1) is 5.84. The Bertz CT molecular complexity index is 335. The van der Waals surface area contributed by atoms with E-state index < -0.39 is 16.9 Å². The van der Waals surface area contributed by atoms with E-state index >= 15 is 0 Å². The van der Waals surface area contributed by atoms with E-state index in [1.807, 2.05) is 0 Å². The Hall–Kier alpha value is -0.970. The van der Waals surface area contributed by atoms with Crippen LogP contribution in [-0.2, 0) is 6.18 Å². The number of nitrogen functional groups attached to an aromatic ring is 1. The quantitative estimate of drug-likeness (QED) is 0.715. The van der Waals surface area contributed by atoms with Crippen molar-refractivity contribution in [1.82, 2.24) is 4.98 Å². The molecule has 0 saturated carbocycles. The highest BCUT2D eigenvalue weighted by atomic mass is 35.5. The van der Waals surface area contributed by atoms with Gasteiger partial charge in [0.05, 0.1) is 16.9 Å². The molecule has 0 bridgehead atoms. The van der Waals surface area contributed by atoms with Gasteiger partial charge in [-0.05, 0) is 12.5 Å². The lowest BCUT2D eigenvalue weighted by atomic mass is 10.2. The molecule has 0 aromatic carbocycles. The van der Waals surface area contributed by atoms with Crippen molar-refractivity contribution in [2.24, 2.45) is 0 Å². The summed E-state index contributed by atoms with van der Waals surface area (Å²) >= 11 is 5.42. The van der Waals surface area contributed by atoms with E-state index in [1.54, 1.807) is 0 Å². The predicted octanol–water partition coefficient (Wildman–Crippen LogP) is 2.64. The largest absolute Gasteiger partial charge is 0.434 e. The molecule has 0 atom stereocenters. The first-order valence-electron chi connectivity index (χ1n) is 3.32. The van der Waals surface area contributed by atoms with Crippen LogP contribution in [0.5, 0.6) is 0 Å². The lowest BCUT2D eigenvalue weighted by Crippen LogP contribution is -2.10. The Morgan fingerprint density at radius 2 is 2.00 bits per heavy atom. The van der Waals surface area contributed by atoms with Crippen molar-refractivity contribution < 1.29 is 13.2 Å². The van der Waals surface area contributed by atoms with Gasteiger partial charge in [-0.15, -0.1) is 0 Å². The summed E-state index contributed by atoms with van der Waals surface area (Å²) in [6, 6.07) is 0. The number of halogens is 4. The van der Waals surface area contributed by atoms with Crippen molar-refractivity contribution in [3.63, 3.8) is 0 Å². The number of rotatable bonds is 0. The maximum Gasteiger partial charge on any atom is 0.434 e. The second kappa shape index (κ2) is 3.06. The Kier molecular flexibility index (Phi) is 2.38. The van der Waals surface area contributed by atoms with Crippen molar-refractivity contribution in [3.05, 3.63) is 22.5 Å². The van der Waals surface area contributed by atoms with Gasteiger partial charge in [0.25, 0.3) is 0 Å². The summed E-state index contributed by atoms with van der Waals surface area (Å²) in [4.78, 5) is 3.13. The maximum atomic E-state index is 12.2. The Morgan fingerprint density at radius 1 is 1.46 bits per heavy atom. The molecular formula is C7H6ClF3N2. The van der Waals surface area contributed by atoms with Crippen molar-refractivity contribution >= 4 is 17.3 Å². The smallest absolute Gasteiger partial charge is 0.397 e. The van der Waals surface area contributed by atoms with Crippen molar-refractivity contribution in [3.8, 4) is 0 Å². The van der Waals surface area contributed by atoms with E-state index in [0.29, 0.717) is 0 Å². The summed E-state index contributed by atoms with van der Waals surface area (Å²) < 4.78 is 36.5. The van der Waals surface area contributed by atoms with Crippen LogP contribution in [0.1, 0.15) is 11.3 Å². The standard InChI is InChI=1S/C7H6ClF3N2/c1-3-4(12)2-13-6(5(3)8)7(9,10)11/h2H,12H2,1H3. The first kappa shape index (κ1) is 10.1. The molecule has 13 heavy (non-hydrogen) atoms. The van der Waals surface area contributed by atoms with Crippen LogP contribution in [0.3, 0.4) is 0 Å². The number of aromatic nitrogens is 1. The molecule has 0 aliphatic carbocycles. The summed E-state index contributed by atoms with van der Waals surface area (Å²) in [7, 11) is 0. The summed E-state index contributed by atoms with van der Waals surface area (Å²) in [5.74, 6) is 0.